The fourth-order valence-corrected chi connectivity index (χ4v) is 2.98. The summed E-state index contributed by atoms with van der Waals surface area (Å²) in [6.45, 7) is 5.17. The zero-order valence-electron chi connectivity index (χ0n) is 17.2. The molecule has 2 N–H and O–H groups in total. The maximum Gasteiger partial charge on any atom is 0.408 e. The molecule has 0 aliphatic heterocycles. The van der Waals surface area contributed by atoms with Gasteiger partial charge < -0.3 is 15.2 Å². The summed E-state index contributed by atoms with van der Waals surface area (Å²) in [6, 6.07) is 17.9. The standard InChI is InChI=1S/C23H25N3O4/c1-23(2,3)30-22(29)24-19(21(27)28)14-17-15-26(18-12-8-5-9-13-18)25-20(17)16-10-6-4-7-11-16/h4-13,15,19H,14H2,1-3H3,(H,24,29)(H,27,28). The molecule has 0 fully saturated rings. The number of benzene rings is 2. The number of hydrogen-bond donors (Lipinski definition) is 2. The predicted molar refractivity (Wildman–Crippen MR) is 113 cm³/mol. The van der Waals surface area contributed by atoms with Crippen LogP contribution >= 0.6 is 0 Å². The minimum absolute atomic E-state index is 0.0611. The molecule has 0 radical (unpaired) electrons. The van der Waals surface area contributed by atoms with E-state index in [1.165, 1.54) is 0 Å². The van der Waals surface area contributed by atoms with Crippen LogP contribution in [0.4, 0.5) is 4.79 Å². The first kappa shape index (κ1) is 21.1. The van der Waals surface area contributed by atoms with Gasteiger partial charge in [0.25, 0.3) is 0 Å². The van der Waals surface area contributed by atoms with Gasteiger partial charge >= 0.3 is 12.1 Å². The summed E-state index contributed by atoms with van der Waals surface area (Å²) in [5, 5.41) is 16.8. The number of aromatic nitrogens is 2. The normalized spacial score (nSPS) is 12.2. The molecule has 0 aliphatic rings. The van der Waals surface area contributed by atoms with Crippen molar-refractivity contribution in [3.63, 3.8) is 0 Å². The summed E-state index contributed by atoms with van der Waals surface area (Å²) in [6.07, 6.45) is 1.09. The van der Waals surface area contributed by atoms with E-state index >= 15 is 0 Å². The van der Waals surface area contributed by atoms with Crippen LogP contribution in [-0.2, 0) is 16.0 Å². The van der Waals surface area contributed by atoms with Gasteiger partial charge in [0.15, 0.2) is 0 Å². The Hall–Kier alpha value is -3.61. The lowest BCUT2D eigenvalue weighted by molar-refractivity contribution is -0.139. The van der Waals surface area contributed by atoms with Gasteiger partial charge in [-0.1, -0.05) is 48.5 Å². The van der Waals surface area contributed by atoms with E-state index < -0.39 is 23.7 Å². The molecule has 0 bridgehead atoms. The van der Waals surface area contributed by atoms with Crippen LogP contribution in [0.3, 0.4) is 0 Å². The molecule has 0 saturated carbocycles. The van der Waals surface area contributed by atoms with Crippen molar-refractivity contribution in [2.24, 2.45) is 0 Å². The van der Waals surface area contributed by atoms with Crippen molar-refractivity contribution >= 4 is 12.1 Å². The number of amides is 1. The topological polar surface area (TPSA) is 93.5 Å². The number of ether oxygens (including phenoxy) is 1. The van der Waals surface area contributed by atoms with Crippen molar-refractivity contribution in [1.82, 2.24) is 15.1 Å². The molecular weight excluding hydrogens is 382 g/mol. The van der Waals surface area contributed by atoms with Gasteiger partial charge in [-0.2, -0.15) is 5.10 Å². The monoisotopic (exact) mass is 407 g/mol. The van der Waals surface area contributed by atoms with E-state index in [2.05, 4.69) is 10.4 Å². The second-order valence-corrected chi connectivity index (χ2v) is 7.89. The van der Waals surface area contributed by atoms with Gasteiger partial charge in [0.1, 0.15) is 11.6 Å². The highest BCUT2D eigenvalue weighted by atomic mass is 16.6. The molecular formula is C23H25N3O4. The van der Waals surface area contributed by atoms with E-state index in [4.69, 9.17) is 4.74 Å². The Morgan fingerprint density at radius 2 is 1.67 bits per heavy atom. The Kier molecular flexibility index (Phi) is 6.20. The van der Waals surface area contributed by atoms with Crippen molar-refractivity contribution in [3.05, 3.63) is 72.4 Å². The molecule has 3 aromatic rings. The molecule has 1 amide bonds. The molecule has 1 unspecified atom stereocenters. The van der Waals surface area contributed by atoms with E-state index in [-0.39, 0.29) is 6.42 Å². The zero-order valence-corrected chi connectivity index (χ0v) is 17.2. The molecule has 0 spiro atoms. The summed E-state index contributed by atoms with van der Waals surface area (Å²) in [4.78, 5) is 24.0. The predicted octanol–water partition coefficient (Wildman–Crippen LogP) is 4.06. The molecule has 156 valence electrons. The lowest BCUT2D eigenvalue weighted by Crippen LogP contribution is -2.44. The average molecular weight is 407 g/mol. The summed E-state index contributed by atoms with van der Waals surface area (Å²) in [5.41, 5.74) is 2.36. The summed E-state index contributed by atoms with van der Waals surface area (Å²) < 4.78 is 6.92. The quantitative estimate of drug-likeness (QED) is 0.643. The van der Waals surface area contributed by atoms with E-state index in [1.807, 2.05) is 60.7 Å². The molecule has 2 aromatic carbocycles. The van der Waals surface area contributed by atoms with E-state index in [0.29, 0.717) is 11.3 Å². The summed E-state index contributed by atoms with van der Waals surface area (Å²) in [5.74, 6) is -1.15. The third-order valence-corrected chi connectivity index (χ3v) is 4.27. The Morgan fingerprint density at radius 3 is 2.23 bits per heavy atom. The molecule has 1 heterocycles. The molecule has 7 heteroatoms. The van der Waals surface area contributed by atoms with Gasteiger partial charge in [0.05, 0.1) is 11.4 Å². The lowest BCUT2D eigenvalue weighted by atomic mass is 10.0. The highest BCUT2D eigenvalue weighted by Gasteiger charge is 2.26. The average Bonchev–Trinajstić information content (AvgIpc) is 3.11. The maximum atomic E-state index is 12.1. The molecule has 0 aliphatic carbocycles. The first-order valence-corrected chi connectivity index (χ1v) is 9.64. The molecule has 1 atom stereocenters. The minimum atomic E-state index is -1.16. The van der Waals surface area contributed by atoms with Crippen molar-refractivity contribution < 1.29 is 19.4 Å². The number of para-hydroxylation sites is 1. The number of nitrogens with one attached hydrogen (secondary N) is 1. The molecule has 30 heavy (non-hydrogen) atoms. The molecule has 3 rings (SSSR count). The van der Waals surface area contributed by atoms with Gasteiger partial charge in [-0.05, 0) is 32.9 Å². The number of aliphatic carboxylic acids is 1. The number of carbonyl (C=O) groups excluding carboxylic acids is 1. The number of carboxylic acid groups (broad SMARTS) is 1. The second-order valence-electron chi connectivity index (χ2n) is 7.89. The first-order valence-electron chi connectivity index (χ1n) is 9.64. The van der Waals surface area contributed by atoms with Gasteiger partial charge in [-0.15, -0.1) is 0 Å². The van der Waals surface area contributed by atoms with Crippen LogP contribution in [0.15, 0.2) is 66.9 Å². The van der Waals surface area contributed by atoms with E-state index in [9.17, 15) is 14.7 Å². The van der Waals surface area contributed by atoms with Crippen molar-refractivity contribution in [2.75, 3.05) is 0 Å². The van der Waals surface area contributed by atoms with E-state index in [0.717, 1.165) is 11.3 Å². The van der Waals surface area contributed by atoms with Crippen LogP contribution in [0.2, 0.25) is 0 Å². The lowest BCUT2D eigenvalue weighted by Gasteiger charge is -2.22. The van der Waals surface area contributed by atoms with Crippen molar-refractivity contribution in [2.45, 2.75) is 38.8 Å². The van der Waals surface area contributed by atoms with Crippen LogP contribution in [0.5, 0.6) is 0 Å². The van der Waals surface area contributed by atoms with Crippen LogP contribution in [0.25, 0.3) is 16.9 Å². The van der Waals surface area contributed by atoms with E-state index in [1.54, 1.807) is 31.6 Å². The third-order valence-electron chi connectivity index (χ3n) is 4.27. The fourth-order valence-electron chi connectivity index (χ4n) is 2.98. The first-order chi connectivity index (χ1) is 14.2. The SMILES string of the molecule is CC(C)(C)OC(=O)NC(Cc1cn(-c2ccccc2)nc1-c1ccccc1)C(=O)O. The highest BCUT2D eigenvalue weighted by Crippen LogP contribution is 2.25. The number of nitrogens with zero attached hydrogens (tertiary/aromatic N) is 2. The Bertz CT molecular complexity index is 1010. The fraction of sp³-hybridized carbons (Fsp3) is 0.261. The van der Waals surface area contributed by atoms with Crippen LogP contribution in [0, 0.1) is 0 Å². The zero-order chi connectivity index (χ0) is 21.7. The molecule has 7 nitrogen and oxygen atoms in total. The molecule has 1 aromatic heterocycles. The van der Waals surface area contributed by atoms with Crippen molar-refractivity contribution in [1.29, 1.82) is 0 Å². The number of carboxylic acids is 1. The maximum absolute atomic E-state index is 12.1. The van der Waals surface area contributed by atoms with Crippen LogP contribution in [0.1, 0.15) is 26.3 Å². The minimum Gasteiger partial charge on any atom is -0.480 e. The van der Waals surface area contributed by atoms with Crippen LogP contribution in [-0.4, -0.2) is 38.6 Å². The van der Waals surface area contributed by atoms with Gasteiger partial charge in [0.2, 0.25) is 0 Å². The Labute approximate surface area is 175 Å². The smallest absolute Gasteiger partial charge is 0.408 e. The summed E-state index contributed by atoms with van der Waals surface area (Å²) in [7, 11) is 0. The number of carbonyl (C=O) groups is 2. The van der Waals surface area contributed by atoms with Crippen LogP contribution < -0.4 is 5.32 Å². The van der Waals surface area contributed by atoms with Gasteiger partial charge in [-0.3, -0.25) is 0 Å². The highest BCUT2D eigenvalue weighted by molar-refractivity contribution is 5.81. The largest absolute Gasteiger partial charge is 0.480 e. The molecule has 0 saturated heterocycles. The Balaban J connectivity index is 1.93. The summed E-state index contributed by atoms with van der Waals surface area (Å²) >= 11 is 0. The Morgan fingerprint density at radius 1 is 1.07 bits per heavy atom. The van der Waals surface area contributed by atoms with Gasteiger partial charge in [-0.25, -0.2) is 14.3 Å². The second kappa shape index (κ2) is 8.82. The van der Waals surface area contributed by atoms with Crippen molar-refractivity contribution in [3.8, 4) is 16.9 Å². The number of rotatable bonds is 6. The third kappa shape index (κ3) is 5.47. The number of hydrogen-bond acceptors (Lipinski definition) is 4. The number of alkyl carbamates (subject to hydrolysis) is 1. The van der Waals surface area contributed by atoms with Gasteiger partial charge in [0, 0.05) is 23.7 Å².